The first-order chi connectivity index (χ1) is 12.3. The van der Waals surface area contributed by atoms with Crippen molar-refractivity contribution < 1.29 is 4.74 Å². The third kappa shape index (κ3) is 5.08. The maximum atomic E-state index is 5.94. The maximum Gasteiger partial charge on any atom is 0.191 e. The molecule has 1 heterocycles. The Morgan fingerprint density at radius 3 is 2.48 bits per heavy atom. The van der Waals surface area contributed by atoms with Crippen molar-refractivity contribution in [3.05, 3.63) is 76.6 Å². The summed E-state index contributed by atoms with van der Waals surface area (Å²) in [5.74, 6) is 1.79. The lowest BCUT2D eigenvalue weighted by atomic mass is 10.1. The van der Waals surface area contributed by atoms with E-state index >= 15 is 0 Å². The first-order valence-electron chi connectivity index (χ1n) is 8.08. The number of hydrogen-bond donors (Lipinski definition) is 0. The third-order valence-electron chi connectivity index (χ3n) is 3.80. The van der Waals surface area contributed by atoms with Crippen LogP contribution in [0.15, 0.2) is 59.8 Å². The summed E-state index contributed by atoms with van der Waals surface area (Å²) in [5.41, 5.74) is 2.43. The van der Waals surface area contributed by atoms with E-state index in [-0.39, 0.29) is 0 Å². The van der Waals surface area contributed by atoms with Crippen LogP contribution >= 0.6 is 23.4 Å². The first-order valence-corrected chi connectivity index (χ1v) is 9.45. The normalized spacial score (nSPS) is 11.0. The lowest BCUT2D eigenvalue weighted by molar-refractivity contribution is 0.184. The number of methoxy groups -OCH3 is 1. The van der Waals surface area contributed by atoms with Gasteiger partial charge in [-0.3, -0.25) is 0 Å². The summed E-state index contributed by atoms with van der Waals surface area (Å²) < 4.78 is 7.40. The number of benzene rings is 2. The van der Waals surface area contributed by atoms with Gasteiger partial charge in [-0.2, -0.15) is 0 Å². The standard InChI is InChI=1S/C19H20ClN3OS/c1-24-12-11-23-18(13-15-5-3-2-4-6-15)21-22-19(23)25-14-16-7-9-17(20)10-8-16/h2-10H,11-14H2,1H3. The summed E-state index contributed by atoms with van der Waals surface area (Å²) in [6.45, 7) is 1.38. The highest BCUT2D eigenvalue weighted by molar-refractivity contribution is 7.98. The average molecular weight is 374 g/mol. The topological polar surface area (TPSA) is 39.9 Å². The molecule has 0 fully saturated rings. The molecule has 6 heteroatoms. The van der Waals surface area contributed by atoms with Gasteiger partial charge in [0, 0.05) is 30.9 Å². The van der Waals surface area contributed by atoms with Crippen LogP contribution in [0.1, 0.15) is 17.0 Å². The smallest absolute Gasteiger partial charge is 0.191 e. The molecule has 0 aliphatic carbocycles. The molecule has 0 N–H and O–H groups in total. The zero-order chi connectivity index (χ0) is 17.5. The van der Waals surface area contributed by atoms with E-state index in [4.69, 9.17) is 16.3 Å². The van der Waals surface area contributed by atoms with Crippen LogP contribution in [0, 0.1) is 0 Å². The molecule has 1 aromatic heterocycles. The Morgan fingerprint density at radius 2 is 1.76 bits per heavy atom. The van der Waals surface area contributed by atoms with Gasteiger partial charge in [-0.25, -0.2) is 0 Å². The van der Waals surface area contributed by atoms with Crippen molar-refractivity contribution in [3.8, 4) is 0 Å². The maximum absolute atomic E-state index is 5.94. The third-order valence-corrected chi connectivity index (χ3v) is 5.09. The second-order valence-corrected chi connectivity index (χ2v) is 7.00. The minimum atomic E-state index is 0.633. The van der Waals surface area contributed by atoms with Gasteiger partial charge in [-0.1, -0.05) is 65.8 Å². The molecule has 0 bridgehead atoms. The van der Waals surface area contributed by atoms with Crippen LogP contribution in [0.25, 0.3) is 0 Å². The molecular formula is C19H20ClN3OS. The molecule has 0 radical (unpaired) electrons. The highest BCUT2D eigenvalue weighted by atomic mass is 35.5. The van der Waals surface area contributed by atoms with Gasteiger partial charge < -0.3 is 9.30 Å². The van der Waals surface area contributed by atoms with Crippen molar-refractivity contribution in [2.45, 2.75) is 23.9 Å². The first kappa shape index (κ1) is 18.0. The van der Waals surface area contributed by atoms with Crippen LogP contribution < -0.4 is 0 Å². The van der Waals surface area contributed by atoms with Gasteiger partial charge in [0.05, 0.1) is 6.61 Å². The predicted octanol–water partition coefficient (Wildman–Crippen LogP) is 4.46. The monoisotopic (exact) mass is 373 g/mol. The average Bonchev–Trinajstić information content (AvgIpc) is 3.02. The highest BCUT2D eigenvalue weighted by Crippen LogP contribution is 2.23. The fourth-order valence-electron chi connectivity index (χ4n) is 2.47. The van der Waals surface area contributed by atoms with E-state index < -0.39 is 0 Å². The quantitative estimate of drug-likeness (QED) is 0.546. The van der Waals surface area contributed by atoms with Gasteiger partial charge in [-0.05, 0) is 23.3 Å². The molecule has 0 saturated heterocycles. The summed E-state index contributed by atoms with van der Waals surface area (Å²) in [6, 6.07) is 18.2. The van der Waals surface area contributed by atoms with Crippen LogP contribution in [0.4, 0.5) is 0 Å². The van der Waals surface area contributed by atoms with E-state index in [9.17, 15) is 0 Å². The SMILES string of the molecule is COCCn1c(Cc2ccccc2)nnc1SCc1ccc(Cl)cc1. The number of ether oxygens (including phenoxy) is 1. The van der Waals surface area contributed by atoms with Crippen LogP contribution in [-0.2, 0) is 23.5 Å². The zero-order valence-electron chi connectivity index (χ0n) is 14.1. The molecule has 3 aromatic rings. The van der Waals surface area contributed by atoms with Crippen LogP contribution in [0.3, 0.4) is 0 Å². The second-order valence-electron chi connectivity index (χ2n) is 5.62. The molecule has 25 heavy (non-hydrogen) atoms. The Balaban J connectivity index is 1.74. The summed E-state index contributed by atoms with van der Waals surface area (Å²) >= 11 is 7.62. The molecule has 0 aliphatic rings. The molecule has 0 aliphatic heterocycles. The van der Waals surface area contributed by atoms with E-state index in [2.05, 4.69) is 26.9 Å². The van der Waals surface area contributed by atoms with Gasteiger partial charge in [0.1, 0.15) is 5.82 Å². The summed E-state index contributed by atoms with van der Waals surface area (Å²) in [4.78, 5) is 0. The van der Waals surface area contributed by atoms with Crippen LogP contribution in [-0.4, -0.2) is 28.5 Å². The van der Waals surface area contributed by atoms with E-state index in [1.165, 1.54) is 11.1 Å². The summed E-state index contributed by atoms with van der Waals surface area (Å²) in [7, 11) is 1.71. The minimum absolute atomic E-state index is 0.633. The molecule has 4 nitrogen and oxygen atoms in total. The number of thioether (sulfide) groups is 1. The van der Waals surface area contributed by atoms with Crippen LogP contribution in [0.2, 0.25) is 5.02 Å². The molecular weight excluding hydrogens is 354 g/mol. The van der Waals surface area contributed by atoms with E-state index in [1.54, 1.807) is 18.9 Å². The highest BCUT2D eigenvalue weighted by Gasteiger charge is 2.13. The van der Waals surface area contributed by atoms with Gasteiger partial charge in [0.2, 0.25) is 0 Å². The molecule has 3 rings (SSSR count). The predicted molar refractivity (Wildman–Crippen MR) is 102 cm³/mol. The van der Waals surface area contributed by atoms with E-state index in [0.717, 1.165) is 34.7 Å². The molecule has 0 spiro atoms. The summed E-state index contributed by atoms with van der Waals surface area (Å²) in [5, 5.41) is 10.5. The van der Waals surface area contributed by atoms with Gasteiger partial charge in [-0.15, -0.1) is 10.2 Å². The van der Waals surface area contributed by atoms with Crippen molar-refractivity contribution in [2.24, 2.45) is 0 Å². The number of aromatic nitrogens is 3. The minimum Gasteiger partial charge on any atom is -0.383 e. The van der Waals surface area contributed by atoms with Crippen molar-refractivity contribution in [2.75, 3.05) is 13.7 Å². The van der Waals surface area contributed by atoms with Crippen molar-refractivity contribution in [3.63, 3.8) is 0 Å². The fraction of sp³-hybridized carbons (Fsp3) is 0.263. The number of nitrogens with zero attached hydrogens (tertiary/aromatic N) is 3. The Morgan fingerprint density at radius 1 is 1.00 bits per heavy atom. The van der Waals surface area contributed by atoms with Gasteiger partial charge >= 0.3 is 0 Å². The van der Waals surface area contributed by atoms with Crippen LogP contribution in [0.5, 0.6) is 0 Å². The molecule has 130 valence electrons. The molecule has 2 aromatic carbocycles. The number of hydrogen-bond acceptors (Lipinski definition) is 4. The largest absolute Gasteiger partial charge is 0.383 e. The fourth-order valence-corrected chi connectivity index (χ4v) is 3.54. The van der Waals surface area contributed by atoms with Crippen molar-refractivity contribution in [1.29, 1.82) is 0 Å². The van der Waals surface area contributed by atoms with Gasteiger partial charge in [0.15, 0.2) is 5.16 Å². The lowest BCUT2D eigenvalue weighted by Gasteiger charge is -2.10. The molecule has 0 unspecified atom stereocenters. The Bertz CT molecular complexity index is 790. The molecule has 0 atom stereocenters. The molecule has 0 saturated carbocycles. The number of rotatable bonds is 8. The second kappa shape index (κ2) is 9.04. The summed E-state index contributed by atoms with van der Waals surface area (Å²) in [6.07, 6.45) is 0.763. The van der Waals surface area contributed by atoms with E-state index in [1.807, 2.05) is 42.5 Å². The number of halogens is 1. The zero-order valence-corrected chi connectivity index (χ0v) is 15.6. The van der Waals surface area contributed by atoms with E-state index in [0.29, 0.717) is 6.61 Å². The lowest BCUT2D eigenvalue weighted by Crippen LogP contribution is -2.10. The Labute approximate surface area is 157 Å². The molecule has 0 amide bonds. The van der Waals surface area contributed by atoms with Gasteiger partial charge in [0.25, 0.3) is 0 Å². The Hall–Kier alpha value is -1.82. The Kier molecular flexibility index (Phi) is 6.50. The van der Waals surface area contributed by atoms with Crippen molar-refractivity contribution >= 4 is 23.4 Å². The van der Waals surface area contributed by atoms with Crippen molar-refractivity contribution in [1.82, 2.24) is 14.8 Å².